The largest absolute Gasteiger partial charge is 0.399 e. The molecule has 0 saturated carbocycles. The summed E-state index contributed by atoms with van der Waals surface area (Å²) in [5.74, 6) is 1.21. The molecule has 2 atom stereocenters. The van der Waals surface area contributed by atoms with E-state index in [0.29, 0.717) is 17.8 Å². The molecule has 52 heavy (non-hydrogen) atoms. The van der Waals surface area contributed by atoms with Gasteiger partial charge in [0.15, 0.2) is 0 Å². The molecule has 2 unspecified atom stereocenters. The van der Waals surface area contributed by atoms with E-state index in [4.69, 9.17) is 11.5 Å². The maximum Gasteiger partial charge on any atom is 0.0316 e. The van der Waals surface area contributed by atoms with Gasteiger partial charge >= 0.3 is 0 Å². The number of nitrogens with two attached hydrogens (primary N) is 2. The number of aryl methyl sites for hydroxylation is 2. The molecular formula is C50H72N2. The molecule has 0 saturated heterocycles. The molecule has 0 fully saturated rings. The summed E-state index contributed by atoms with van der Waals surface area (Å²) in [6.07, 6.45) is 23.2. The van der Waals surface area contributed by atoms with E-state index in [2.05, 4.69) is 120 Å². The highest BCUT2D eigenvalue weighted by Gasteiger charge is 2.21. The lowest BCUT2D eigenvalue weighted by atomic mass is 9.81. The zero-order valence-electron chi connectivity index (χ0n) is 33.7. The Balaban J connectivity index is 1.61. The summed E-state index contributed by atoms with van der Waals surface area (Å²) in [7, 11) is 0. The lowest BCUT2D eigenvalue weighted by Crippen LogP contribution is -2.07. The van der Waals surface area contributed by atoms with Crippen LogP contribution < -0.4 is 11.5 Å². The van der Waals surface area contributed by atoms with Gasteiger partial charge < -0.3 is 11.5 Å². The van der Waals surface area contributed by atoms with Crippen LogP contribution in [0.3, 0.4) is 0 Å². The Labute approximate surface area is 319 Å². The molecule has 0 amide bonds. The number of anilines is 2. The average Bonchev–Trinajstić information content (AvgIpc) is 3.14. The van der Waals surface area contributed by atoms with Crippen molar-refractivity contribution >= 4 is 11.4 Å². The van der Waals surface area contributed by atoms with E-state index in [1.807, 2.05) is 0 Å². The summed E-state index contributed by atoms with van der Waals surface area (Å²) in [4.78, 5) is 0. The number of nitrogen functional groups attached to an aromatic ring is 2. The molecule has 0 bridgehead atoms. The van der Waals surface area contributed by atoms with Crippen molar-refractivity contribution in [3.63, 3.8) is 0 Å². The van der Waals surface area contributed by atoms with Crippen molar-refractivity contribution in [2.45, 2.75) is 168 Å². The van der Waals surface area contributed by atoms with E-state index in [9.17, 15) is 0 Å². The zero-order chi connectivity index (χ0) is 37.1. The minimum atomic E-state index is 0.401. The highest BCUT2D eigenvalue weighted by molar-refractivity contribution is 5.50. The van der Waals surface area contributed by atoms with E-state index in [1.54, 1.807) is 0 Å². The first-order valence-electron chi connectivity index (χ1n) is 21.3. The SMILES string of the molecule is CCCCCCCCCC(c1ccc(C(CCCCCC)c2ccc(N)cc2C)cc1)c1ccc(C(CCCCCC)c2ccc(N)cc2C)cc1. The molecule has 282 valence electrons. The molecule has 4 N–H and O–H groups in total. The van der Waals surface area contributed by atoms with Crippen LogP contribution in [-0.4, -0.2) is 0 Å². The maximum absolute atomic E-state index is 6.19. The van der Waals surface area contributed by atoms with Crippen LogP contribution in [0.25, 0.3) is 0 Å². The fourth-order valence-corrected chi connectivity index (χ4v) is 8.49. The molecular weight excluding hydrogens is 629 g/mol. The van der Waals surface area contributed by atoms with Crippen LogP contribution in [0.5, 0.6) is 0 Å². The number of unbranched alkanes of at least 4 members (excludes halogenated alkanes) is 12. The van der Waals surface area contributed by atoms with Gasteiger partial charge in [-0.15, -0.1) is 0 Å². The van der Waals surface area contributed by atoms with Gasteiger partial charge in [-0.05, 0) is 102 Å². The van der Waals surface area contributed by atoms with Gasteiger partial charge in [-0.2, -0.15) is 0 Å². The number of rotatable bonds is 24. The number of benzene rings is 4. The van der Waals surface area contributed by atoms with Crippen molar-refractivity contribution in [3.8, 4) is 0 Å². The summed E-state index contributed by atoms with van der Waals surface area (Å²) in [6.45, 7) is 11.4. The van der Waals surface area contributed by atoms with Crippen LogP contribution >= 0.6 is 0 Å². The second-order valence-electron chi connectivity index (χ2n) is 15.8. The van der Waals surface area contributed by atoms with Gasteiger partial charge in [0.1, 0.15) is 0 Å². The highest BCUT2D eigenvalue weighted by Crippen LogP contribution is 2.38. The van der Waals surface area contributed by atoms with E-state index >= 15 is 0 Å². The Morgan fingerprint density at radius 1 is 0.365 bits per heavy atom. The third kappa shape index (κ3) is 12.6. The van der Waals surface area contributed by atoms with Crippen LogP contribution in [0, 0.1) is 13.8 Å². The summed E-state index contributed by atoms with van der Waals surface area (Å²) in [6, 6.07) is 32.6. The Hall–Kier alpha value is -3.52. The van der Waals surface area contributed by atoms with Crippen LogP contribution in [0.1, 0.15) is 199 Å². The third-order valence-electron chi connectivity index (χ3n) is 11.6. The number of hydrogen-bond donors (Lipinski definition) is 2. The lowest BCUT2D eigenvalue weighted by Gasteiger charge is -2.24. The van der Waals surface area contributed by atoms with Crippen LogP contribution in [0.2, 0.25) is 0 Å². The van der Waals surface area contributed by atoms with Gasteiger partial charge in [0, 0.05) is 29.1 Å². The van der Waals surface area contributed by atoms with Crippen LogP contribution in [0.15, 0.2) is 84.9 Å². The first-order valence-corrected chi connectivity index (χ1v) is 21.3. The van der Waals surface area contributed by atoms with Gasteiger partial charge in [-0.1, -0.05) is 178 Å². The standard InChI is InChI=1S/C50H72N2/c1-6-9-12-15-16-17-20-21-48(40-24-28-42(29-25-40)49(22-18-13-10-7-2)46-34-32-44(51)36-38(46)4)41-26-30-43(31-27-41)50(23-19-14-11-8-3)47-35-33-45(52)37-39(47)5/h24-37,48-50H,6-23,51-52H2,1-5H3. The Morgan fingerprint density at radius 3 is 1.00 bits per heavy atom. The highest BCUT2D eigenvalue weighted by atomic mass is 14.5. The summed E-state index contributed by atoms with van der Waals surface area (Å²) in [5, 5.41) is 0. The molecule has 0 spiro atoms. The average molecular weight is 701 g/mol. The Morgan fingerprint density at radius 2 is 0.654 bits per heavy atom. The van der Waals surface area contributed by atoms with Crippen molar-refractivity contribution in [1.29, 1.82) is 0 Å². The first-order chi connectivity index (χ1) is 25.4. The van der Waals surface area contributed by atoms with Crippen molar-refractivity contribution in [3.05, 3.63) is 129 Å². The Kier molecular flexibility index (Phi) is 17.9. The van der Waals surface area contributed by atoms with Gasteiger partial charge in [-0.25, -0.2) is 0 Å². The molecule has 0 radical (unpaired) electrons. The van der Waals surface area contributed by atoms with Crippen molar-refractivity contribution < 1.29 is 0 Å². The van der Waals surface area contributed by atoms with Gasteiger partial charge in [0.2, 0.25) is 0 Å². The molecule has 0 aliphatic rings. The summed E-state index contributed by atoms with van der Waals surface area (Å²) < 4.78 is 0. The quantitative estimate of drug-likeness (QED) is 0.0565. The Bertz CT molecular complexity index is 1460. The fourth-order valence-electron chi connectivity index (χ4n) is 8.49. The molecule has 0 aromatic heterocycles. The topological polar surface area (TPSA) is 52.0 Å². The monoisotopic (exact) mass is 701 g/mol. The summed E-state index contributed by atoms with van der Waals surface area (Å²) in [5.41, 5.74) is 25.3. The molecule has 4 rings (SSSR count). The molecule has 2 heteroatoms. The van der Waals surface area contributed by atoms with Crippen molar-refractivity contribution in [2.24, 2.45) is 0 Å². The summed E-state index contributed by atoms with van der Waals surface area (Å²) >= 11 is 0. The van der Waals surface area contributed by atoms with E-state index in [1.165, 1.54) is 160 Å². The first kappa shape index (κ1) is 41.2. The minimum Gasteiger partial charge on any atom is -0.399 e. The molecule has 0 heterocycles. The molecule has 0 aliphatic carbocycles. The number of hydrogen-bond acceptors (Lipinski definition) is 2. The third-order valence-corrected chi connectivity index (χ3v) is 11.6. The van der Waals surface area contributed by atoms with Gasteiger partial charge in [0.05, 0.1) is 0 Å². The predicted octanol–water partition coefficient (Wildman–Crippen LogP) is 14.9. The molecule has 0 aliphatic heterocycles. The van der Waals surface area contributed by atoms with E-state index < -0.39 is 0 Å². The van der Waals surface area contributed by atoms with Crippen molar-refractivity contribution in [2.75, 3.05) is 11.5 Å². The van der Waals surface area contributed by atoms with E-state index in [-0.39, 0.29) is 0 Å². The van der Waals surface area contributed by atoms with Gasteiger partial charge in [0.25, 0.3) is 0 Å². The smallest absolute Gasteiger partial charge is 0.0316 e. The normalized spacial score (nSPS) is 13.2. The maximum atomic E-state index is 6.19. The fraction of sp³-hybridized carbons (Fsp3) is 0.520. The van der Waals surface area contributed by atoms with Gasteiger partial charge in [-0.3, -0.25) is 0 Å². The minimum absolute atomic E-state index is 0.401. The van der Waals surface area contributed by atoms with Crippen LogP contribution in [0.4, 0.5) is 11.4 Å². The second-order valence-corrected chi connectivity index (χ2v) is 15.8. The lowest BCUT2D eigenvalue weighted by molar-refractivity contribution is 0.558. The van der Waals surface area contributed by atoms with Crippen LogP contribution in [-0.2, 0) is 0 Å². The zero-order valence-corrected chi connectivity index (χ0v) is 33.7. The predicted molar refractivity (Wildman–Crippen MR) is 230 cm³/mol. The second kappa shape index (κ2) is 22.5. The van der Waals surface area contributed by atoms with E-state index in [0.717, 1.165) is 11.4 Å². The molecule has 4 aromatic carbocycles. The molecule has 2 nitrogen and oxygen atoms in total. The van der Waals surface area contributed by atoms with Crippen molar-refractivity contribution in [1.82, 2.24) is 0 Å². The molecule has 4 aromatic rings.